The first-order valence-electron chi connectivity index (χ1n) is 14.2. The van der Waals surface area contributed by atoms with Crippen molar-refractivity contribution < 1.29 is 27.9 Å². The van der Waals surface area contributed by atoms with Gasteiger partial charge in [-0.05, 0) is 62.4 Å². The first-order chi connectivity index (χ1) is 20.1. The third kappa shape index (κ3) is 8.34. The molecule has 234 valence electrons. The Kier molecular flexibility index (Phi) is 11.0. The molecule has 1 aromatic heterocycles. The van der Waals surface area contributed by atoms with Crippen LogP contribution in [0.5, 0.6) is 0 Å². The summed E-state index contributed by atoms with van der Waals surface area (Å²) in [7, 11) is 0. The second kappa shape index (κ2) is 13.9. The monoisotopic (exact) mass is 619 g/mol. The predicted molar refractivity (Wildman–Crippen MR) is 164 cm³/mol. The number of carboxylic acid groups (broad SMARTS) is 1. The van der Waals surface area contributed by atoms with Crippen LogP contribution in [0.3, 0.4) is 0 Å². The van der Waals surface area contributed by atoms with Gasteiger partial charge in [0.2, 0.25) is 5.91 Å². The number of carbonyl (C=O) groups is 2. The van der Waals surface area contributed by atoms with E-state index in [1.165, 1.54) is 0 Å². The number of amides is 2. The van der Waals surface area contributed by atoms with E-state index in [4.69, 9.17) is 11.6 Å². The van der Waals surface area contributed by atoms with Gasteiger partial charge < -0.3 is 14.6 Å². The third-order valence-electron chi connectivity index (χ3n) is 7.39. The molecular weight excluding hydrogens is 579 g/mol. The van der Waals surface area contributed by atoms with E-state index in [1.807, 2.05) is 55.7 Å². The van der Waals surface area contributed by atoms with Crippen LogP contribution in [0.1, 0.15) is 65.3 Å². The van der Waals surface area contributed by atoms with E-state index in [9.17, 15) is 27.9 Å². The number of benzene rings is 2. The molecule has 1 unspecified atom stereocenters. The number of hydrogen-bond donors (Lipinski definition) is 1. The van der Waals surface area contributed by atoms with Crippen molar-refractivity contribution in [2.24, 2.45) is 5.41 Å². The number of nitrogens with zero attached hydrogens (tertiary/aromatic N) is 3. The van der Waals surface area contributed by atoms with Crippen LogP contribution in [0.15, 0.2) is 60.8 Å². The van der Waals surface area contributed by atoms with Crippen molar-refractivity contribution in [2.45, 2.75) is 72.1 Å². The molecule has 2 atom stereocenters. The molecule has 1 N–H and O–H groups in total. The van der Waals surface area contributed by atoms with Gasteiger partial charge in [0.25, 0.3) is 0 Å². The SMILES string of the molecule is CC(C)(C)[C@H](c1cc(-c2cc(F)ccc2F)cn1Cc1ccccc1)N(CCC(CF)N(C(=O)O)C(C)(C)C)C(=O)CCl. The summed E-state index contributed by atoms with van der Waals surface area (Å²) in [5.41, 5.74) is 0.636. The van der Waals surface area contributed by atoms with Crippen molar-refractivity contribution >= 4 is 23.6 Å². The zero-order valence-corrected chi connectivity index (χ0v) is 26.3. The van der Waals surface area contributed by atoms with Crippen molar-refractivity contribution in [3.8, 4) is 11.1 Å². The first-order valence-corrected chi connectivity index (χ1v) is 14.7. The Morgan fingerprint density at radius 1 is 1.00 bits per heavy atom. The Balaban J connectivity index is 2.16. The lowest BCUT2D eigenvalue weighted by molar-refractivity contribution is -0.134. The quantitative estimate of drug-likeness (QED) is 0.220. The Hall–Kier alpha value is -3.46. The maximum absolute atomic E-state index is 14.9. The smallest absolute Gasteiger partial charge is 0.408 e. The zero-order chi connectivity index (χ0) is 32.1. The molecule has 10 heteroatoms. The van der Waals surface area contributed by atoms with Gasteiger partial charge in [0, 0.05) is 41.6 Å². The maximum Gasteiger partial charge on any atom is 0.408 e. The van der Waals surface area contributed by atoms with E-state index < -0.39 is 53.3 Å². The molecule has 0 radical (unpaired) electrons. The summed E-state index contributed by atoms with van der Waals surface area (Å²) < 4.78 is 45.4. The number of aromatic nitrogens is 1. The molecule has 0 fully saturated rings. The number of alkyl halides is 2. The highest BCUT2D eigenvalue weighted by molar-refractivity contribution is 6.27. The molecule has 1 heterocycles. The molecule has 2 aromatic carbocycles. The number of rotatable bonds is 11. The topological polar surface area (TPSA) is 65.8 Å². The van der Waals surface area contributed by atoms with E-state index >= 15 is 0 Å². The van der Waals surface area contributed by atoms with Gasteiger partial charge in [-0.25, -0.2) is 18.0 Å². The number of halogens is 4. The van der Waals surface area contributed by atoms with Gasteiger partial charge in [0.1, 0.15) is 24.2 Å². The van der Waals surface area contributed by atoms with Crippen molar-refractivity contribution in [3.63, 3.8) is 0 Å². The highest BCUT2D eigenvalue weighted by Gasteiger charge is 2.39. The van der Waals surface area contributed by atoms with Gasteiger partial charge in [-0.1, -0.05) is 51.1 Å². The Morgan fingerprint density at radius 2 is 1.65 bits per heavy atom. The molecule has 43 heavy (non-hydrogen) atoms. The van der Waals surface area contributed by atoms with Crippen LogP contribution in [0.4, 0.5) is 18.0 Å². The van der Waals surface area contributed by atoms with Crippen LogP contribution < -0.4 is 0 Å². The lowest BCUT2D eigenvalue weighted by atomic mass is 9.82. The summed E-state index contributed by atoms with van der Waals surface area (Å²) in [5, 5.41) is 9.87. The summed E-state index contributed by atoms with van der Waals surface area (Å²) in [6.07, 6.45) is 0.509. The molecule has 2 amide bonds. The Morgan fingerprint density at radius 3 is 2.19 bits per heavy atom. The van der Waals surface area contributed by atoms with E-state index in [0.29, 0.717) is 17.8 Å². The minimum atomic E-state index is -1.25. The molecule has 0 aliphatic rings. The third-order valence-corrected chi connectivity index (χ3v) is 7.62. The van der Waals surface area contributed by atoms with Crippen LogP contribution >= 0.6 is 11.6 Å². The fraction of sp³-hybridized carbons (Fsp3) is 0.455. The fourth-order valence-corrected chi connectivity index (χ4v) is 5.79. The van der Waals surface area contributed by atoms with Crippen molar-refractivity contribution in [1.82, 2.24) is 14.4 Å². The second-order valence-corrected chi connectivity index (χ2v) is 13.1. The van der Waals surface area contributed by atoms with Crippen molar-refractivity contribution in [3.05, 3.63) is 83.7 Å². The zero-order valence-electron chi connectivity index (χ0n) is 25.6. The molecular formula is C33H41ClF3N3O3. The lowest BCUT2D eigenvalue weighted by Crippen LogP contribution is -2.53. The van der Waals surface area contributed by atoms with E-state index in [0.717, 1.165) is 28.7 Å². The second-order valence-electron chi connectivity index (χ2n) is 12.8. The summed E-state index contributed by atoms with van der Waals surface area (Å²) in [4.78, 5) is 28.2. The average Bonchev–Trinajstić information content (AvgIpc) is 3.32. The van der Waals surface area contributed by atoms with E-state index in [1.54, 1.807) is 37.9 Å². The molecule has 0 bridgehead atoms. The van der Waals surface area contributed by atoms with E-state index in [2.05, 4.69) is 0 Å². The van der Waals surface area contributed by atoms with Crippen LogP contribution in [0.25, 0.3) is 11.1 Å². The molecule has 6 nitrogen and oxygen atoms in total. The number of hydrogen-bond acceptors (Lipinski definition) is 2. The summed E-state index contributed by atoms with van der Waals surface area (Å²) >= 11 is 6.10. The van der Waals surface area contributed by atoms with Gasteiger partial charge in [0.15, 0.2) is 0 Å². The normalized spacial score (nSPS) is 13.4. The van der Waals surface area contributed by atoms with Crippen LogP contribution in [0.2, 0.25) is 0 Å². The van der Waals surface area contributed by atoms with Gasteiger partial charge in [-0.2, -0.15) is 0 Å². The number of carbonyl (C=O) groups excluding carboxylic acids is 1. The molecule has 0 aliphatic heterocycles. The molecule has 0 saturated heterocycles. The van der Waals surface area contributed by atoms with Crippen LogP contribution in [-0.4, -0.2) is 62.2 Å². The van der Waals surface area contributed by atoms with Crippen molar-refractivity contribution in [1.29, 1.82) is 0 Å². The van der Waals surface area contributed by atoms with Gasteiger partial charge in [0.05, 0.1) is 12.1 Å². The van der Waals surface area contributed by atoms with Crippen LogP contribution in [-0.2, 0) is 11.3 Å². The summed E-state index contributed by atoms with van der Waals surface area (Å²) in [6, 6.07) is 12.9. The Bertz CT molecular complexity index is 1400. The summed E-state index contributed by atoms with van der Waals surface area (Å²) in [5.74, 6) is -1.94. The standard InChI is InChI=1S/C33H41ClF3N3O3/c1-32(2,3)30(39(29(41)18-34)15-14-25(19-35)40(31(42)43)33(4,5)6)28-16-23(26-17-24(36)12-13-27(26)37)21-38(28)20-22-10-8-7-9-11-22/h7-13,16-17,21,25,30H,14-15,18-20H2,1-6H3,(H,42,43)/t25?,30-/m0/s1. The van der Waals surface area contributed by atoms with Crippen molar-refractivity contribution in [2.75, 3.05) is 19.1 Å². The largest absolute Gasteiger partial charge is 0.465 e. The highest BCUT2D eigenvalue weighted by atomic mass is 35.5. The fourth-order valence-electron chi connectivity index (χ4n) is 5.64. The maximum atomic E-state index is 14.9. The summed E-state index contributed by atoms with van der Waals surface area (Å²) in [6.45, 7) is 10.4. The molecule has 3 aromatic rings. The first kappa shape index (κ1) is 34.0. The van der Waals surface area contributed by atoms with Crippen LogP contribution in [0, 0.1) is 17.0 Å². The predicted octanol–water partition coefficient (Wildman–Crippen LogP) is 8.14. The van der Waals surface area contributed by atoms with Gasteiger partial charge in [-0.15, -0.1) is 11.6 Å². The molecule has 0 aliphatic carbocycles. The minimum absolute atomic E-state index is 0.0160. The van der Waals surface area contributed by atoms with E-state index in [-0.39, 0.29) is 24.4 Å². The van der Waals surface area contributed by atoms with Gasteiger partial charge in [-0.3, -0.25) is 9.69 Å². The highest BCUT2D eigenvalue weighted by Crippen LogP contribution is 2.41. The minimum Gasteiger partial charge on any atom is -0.465 e. The molecule has 3 rings (SSSR count). The average molecular weight is 620 g/mol. The van der Waals surface area contributed by atoms with Gasteiger partial charge >= 0.3 is 6.09 Å². The Labute approximate surface area is 257 Å². The molecule has 0 saturated carbocycles. The molecule has 0 spiro atoms. The lowest BCUT2D eigenvalue weighted by Gasteiger charge is -2.43.